The number of aromatic nitrogens is 5. The number of hydrogen-bond acceptors (Lipinski definition) is 8. The maximum atomic E-state index is 15.2. The van der Waals surface area contributed by atoms with Gasteiger partial charge in [-0.3, -0.25) is 0 Å². The molecule has 2 bridgehead atoms. The second kappa shape index (κ2) is 10.2. The van der Waals surface area contributed by atoms with Crippen LogP contribution in [-0.2, 0) is 11.3 Å². The molecule has 0 amide bonds. The van der Waals surface area contributed by atoms with Crippen LogP contribution in [0.25, 0.3) is 22.6 Å². The van der Waals surface area contributed by atoms with E-state index in [2.05, 4.69) is 30.7 Å². The number of nitrogens with zero attached hydrogens (tertiary/aromatic N) is 5. The van der Waals surface area contributed by atoms with E-state index in [1.807, 2.05) is 6.07 Å². The SMILES string of the molecule is Fc1cc(-c2nn[nH]n2)ccc1N1C2CC[C@H]1CC(OCc1c(-c3ccccc3OC(F)F)noc1C1CC1)C2. The number of alkyl halides is 2. The molecule has 1 N–H and O–H groups in total. The minimum Gasteiger partial charge on any atom is -0.434 e. The highest BCUT2D eigenvalue weighted by atomic mass is 19.3. The Morgan fingerprint density at radius 3 is 2.55 bits per heavy atom. The van der Waals surface area contributed by atoms with E-state index in [0.29, 0.717) is 28.3 Å². The van der Waals surface area contributed by atoms with E-state index >= 15 is 4.39 Å². The van der Waals surface area contributed by atoms with Gasteiger partial charge in [0.25, 0.3) is 0 Å². The molecule has 1 aliphatic carbocycles. The quantitative estimate of drug-likeness (QED) is 0.276. The summed E-state index contributed by atoms with van der Waals surface area (Å²) in [6.45, 7) is -2.69. The molecule has 1 saturated carbocycles. The lowest BCUT2D eigenvalue weighted by Gasteiger charge is -2.40. The van der Waals surface area contributed by atoms with Crippen LogP contribution < -0.4 is 9.64 Å². The van der Waals surface area contributed by atoms with Gasteiger partial charge >= 0.3 is 6.61 Å². The van der Waals surface area contributed by atoms with Gasteiger partial charge in [0.2, 0.25) is 5.82 Å². The lowest BCUT2D eigenvalue weighted by atomic mass is 9.98. The Kier molecular flexibility index (Phi) is 6.41. The predicted molar refractivity (Wildman–Crippen MR) is 137 cm³/mol. The van der Waals surface area contributed by atoms with Crippen LogP contribution in [0.4, 0.5) is 18.9 Å². The summed E-state index contributed by atoms with van der Waals surface area (Å²) < 4.78 is 58.3. The first-order valence-electron chi connectivity index (χ1n) is 13.5. The Hall–Kier alpha value is -3.93. The van der Waals surface area contributed by atoms with Crippen molar-refractivity contribution in [3.8, 4) is 28.4 Å². The van der Waals surface area contributed by atoms with Crippen molar-refractivity contribution >= 4 is 5.69 Å². The van der Waals surface area contributed by atoms with Gasteiger partial charge in [0.05, 0.1) is 18.4 Å². The molecule has 7 rings (SSSR count). The van der Waals surface area contributed by atoms with E-state index in [-0.39, 0.29) is 42.3 Å². The van der Waals surface area contributed by atoms with Gasteiger partial charge in [0, 0.05) is 34.7 Å². The third-order valence-electron chi connectivity index (χ3n) is 8.11. The van der Waals surface area contributed by atoms with Crippen LogP contribution in [0.2, 0.25) is 0 Å². The topological polar surface area (TPSA) is 102 Å². The number of nitrogens with one attached hydrogen (secondary N) is 1. The van der Waals surface area contributed by atoms with E-state index in [9.17, 15) is 8.78 Å². The van der Waals surface area contributed by atoms with Gasteiger partial charge in [0.15, 0.2) is 0 Å². The van der Waals surface area contributed by atoms with Gasteiger partial charge in [-0.15, -0.1) is 10.2 Å². The zero-order valence-corrected chi connectivity index (χ0v) is 21.5. The molecule has 3 atom stereocenters. The molecule has 0 spiro atoms. The van der Waals surface area contributed by atoms with Gasteiger partial charge in [-0.1, -0.05) is 17.3 Å². The first-order chi connectivity index (χ1) is 19.5. The second-order valence-electron chi connectivity index (χ2n) is 10.6. The summed E-state index contributed by atoms with van der Waals surface area (Å²) in [6, 6.07) is 12.0. The van der Waals surface area contributed by atoms with Crippen molar-refractivity contribution in [2.45, 2.75) is 75.8 Å². The lowest BCUT2D eigenvalue weighted by molar-refractivity contribution is -0.0494. The molecule has 2 aromatic carbocycles. The van der Waals surface area contributed by atoms with Crippen molar-refractivity contribution < 1.29 is 27.2 Å². The van der Waals surface area contributed by atoms with Crippen LogP contribution in [-0.4, -0.2) is 50.6 Å². The number of halogens is 3. The zero-order chi connectivity index (χ0) is 27.2. The summed E-state index contributed by atoms with van der Waals surface area (Å²) in [6.07, 6.45) is 5.40. The van der Waals surface area contributed by atoms with Crippen LogP contribution in [0.15, 0.2) is 47.0 Å². The van der Waals surface area contributed by atoms with Gasteiger partial charge in [-0.25, -0.2) is 4.39 Å². The Morgan fingerprint density at radius 2 is 1.85 bits per heavy atom. The van der Waals surface area contributed by atoms with Crippen molar-refractivity contribution in [3.05, 3.63) is 59.6 Å². The molecular formula is C28H27F3N6O3. The molecular weight excluding hydrogens is 525 g/mol. The predicted octanol–water partition coefficient (Wildman–Crippen LogP) is 5.86. The van der Waals surface area contributed by atoms with E-state index in [1.165, 1.54) is 12.1 Å². The van der Waals surface area contributed by atoms with Crippen LogP contribution in [0.5, 0.6) is 5.75 Å². The standard InChI is InChI=1S/C28H27F3N6O3/c29-22-11-16(27-32-35-36-33-27)7-10-23(22)37-17-8-9-18(37)13-19(12-17)38-14-21-25(34-40-26(21)15-5-6-15)20-3-1-2-4-24(20)39-28(30)31/h1-4,7,10-11,15,17-19,28H,5-6,8-9,12-14H2,(H,32,33,35,36)/t17-,18?,19?/m0/s1. The smallest absolute Gasteiger partial charge is 0.387 e. The maximum absolute atomic E-state index is 15.2. The van der Waals surface area contributed by atoms with Crippen molar-refractivity contribution in [3.63, 3.8) is 0 Å². The third-order valence-corrected chi connectivity index (χ3v) is 8.11. The number of piperidine rings is 1. The van der Waals surface area contributed by atoms with Gasteiger partial charge in [0.1, 0.15) is 23.0 Å². The van der Waals surface area contributed by atoms with Gasteiger partial charge < -0.3 is 18.9 Å². The van der Waals surface area contributed by atoms with E-state index in [4.69, 9.17) is 14.0 Å². The molecule has 9 nitrogen and oxygen atoms in total. The first kappa shape index (κ1) is 25.1. The summed E-state index contributed by atoms with van der Waals surface area (Å²) in [5.41, 5.74) is 2.85. The molecule has 4 aromatic rings. The Balaban J connectivity index is 1.08. The average Bonchev–Trinajstić information content (AvgIpc) is 3.35. The van der Waals surface area contributed by atoms with Crippen molar-refractivity contribution in [1.82, 2.24) is 25.8 Å². The number of H-pyrrole nitrogens is 1. The number of fused-ring (bicyclic) bond motifs is 2. The lowest BCUT2D eigenvalue weighted by Crippen LogP contribution is -2.46. The number of hydrogen-bond donors (Lipinski definition) is 1. The van der Waals surface area contributed by atoms with Crippen LogP contribution in [0, 0.1) is 5.82 Å². The summed E-state index contributed by atoms with van der Waals surface area (Å²) in [5, 5.41) is 18.1. The number of anilines is 1. The maximum Gasteiger partial charge on any atom is 0.387 e. The summed E-state index contributed by atoms with van der Waals surface area (Å²) in [7, 11) is 0. The monoisotopic (exact) mass is 552 g/mol. The molecule has 208 valence electrons. The van der Waals surface area contributed by atoms with Crippen LogP contribution >= 0.6 is 0 Å². The second-order valence-corrected chi connectivity index (χ2v) is 10.6. The molecule has 12 heteroatoms. The minimum atomic E-state index is -2.95. The first-order valence-corrected chi connectivity index (χ1v) is 13.5. The highest BCUT2D eigenvalue weighted by Crippen LogP contribution is 2.46. The van der Waals surface area contributed by atoms with Crippen LogP contribution in [0.3, 0.4) is 0 Å². The minimum absolute atomic E-state index is 0.0298. The molecule has 2 aromatic heterocycles. The fourth-order valence-electron chi connectivity index (χ4n) is 6.20. The fourth-order valence-corrected chi connectivity index (χ4v) is 6.20. The van der Waals surface area contributed by atoms with Gasteiger partial charge in [-0.2, -0.15) is 14.0 Å². The third kappa shape index (κ3) is 4.70. The number of para-hydroxylation sites is 1. The molecule has 40 heavy (non-hydrogen) atoms. The number of rotatable bonds is 9. The van der Waals surface area contributed by atoms with E-state index in [0.717, 1.165) is 49.8 Å². The largest absolute Gasteiger partial charge is 0.434 e. The average molecular weight is 553 g/mol. The molecule has 3 fully saturated rings. The number of benzene rings is 2. The van der Waals surface area contributed by atoms with Crippen molar-refractivity contribution in [2.75, 3.05) is 4.90 Å². The summed E-state index contributed by atoms with van der Waals surface area (Å²) >= 11 is 0. The van der Waals surface area contributed by atoms with E-state index in [1.54, 1.807) is 24.3 Å². The van der Waals surface area contributed by atoms with Gasteiger partial charge in [-0.05, 0) is 74.1 Å². The zero-order valence-electron chi connectivity index (χ0n) is 21.5. The number of ether oxygens (including phenoxy) is 2. The highest BCUT2D eigenvalue weighted by molar-refractivity contribution is 5.70. The number of tetrazole rings is 1. The molecule has 2 unspecified atom stereocenters. The molecule has 3 aliphatic rings. The molecule has 2 saturated heterocycles. The Morgan fingerprint density at radius 1 is 1.05 bits per heavy atom. The fraction of sp³-hybridized carbons (Fsp3) is 0.429. The molecule has 0 radical (unpaired) electrons. The summed E-state index contributed by atoms with van der Waals surface area (Å²) in [4.78, 5) is 2.19. The number of aromatic amines is 1. The van der Waals surface area contributed by atoms with Crippen molar-refractivity contribution in [1.29, 1.82) is 0 Å². The normalized spacial score (nSPS) is 22.3. The van der Waals surface area contributed by atoms with Crippen LogP contribution in [0.1, 0.15) is 55.8 Å². The Labute approximate surface area is 227 Å². The molecule has 4 heterocycles. The Bertz CT molecular complexity index is 1480. The molecule has 2 aliphatic heterocycles. The summed E-state index contributed by atoms with van der Waals surface area (Å²) in [5.74, 6) is 1.10. The van der Waals surface area contributed by atoms with Crippen molar-refractivity contribution in [2.24, 2.45) is 0 Å². The highest BCUT2D eigenvalue weighted by Gasteiger charge is 2.42. The van der Waals surface area contributed by atoms with E-state index < -0.39 is 6.61 Å².